The third-order valence-corrected chi connectivity index (χ3v) is 6.65. The van der Waals surface area contributed by atoms with Gasteiger partial charge in [0.25, 0.3) is 0 Å². The van der Waals surface area contributed by atoms with Crippen molar-refractivity contribution in [3.8, 4) is 0 Å². The number of Topliss-reactive ketones (excluding diaryl/α,β-unsaturated/α-hetero) is 1. The van der Waals surface area contributed by atoms with E-state index in [0.29, 0.717) is 5.57 Å². The summed E-state index contributed by atoms with van der Waals surface area (Å²) in [5.41, 5.74) is 4.22. The first-order valence-electron chi connectivity index (χ1n) is 8.82. The van der Waals surface area contributed by atoms with Crippen LogP contribution in [-0.4, -0.2) is 31.6 Å². The number of ketones is 1. The molecule has 0 radical (unpaired) electrons. The van der Waals surface area contributed by atoms with Crippen LogP contribution in [0.5, 0.6) is 0 Å². The van der Waals surface area contributed by atoms with Gasteiger partial charge >= 0.3 is 0 Å². The molecule has 27 heavy (non-hydrogen) atoms. The highest BCUT2D eigenvalue weighted by Crippen LogP contribution is 2.29. The van der Waals surface area contributed by atoms with E-state index in [4.69, 9.17) is 0 Å². The maximum absolute atomic E-state index is 13.1. The van der Waals surface area contributed by atoms with Gasteiger partial charge in [-0.05, 0) is 49.6 Å². The number of sulfonamides is 1. The maximum Gasteiger partial charge on any atom is 0.243 e. The number of benzene rings is 2. The van der Waals surface area contributed by atoms with E-state index < -0.39 is 10.0 Å². The molecule has 0 saturated carbocycles. The number of nitrogens with zero attached hydrogens (tertiary/aromatic N) is 1. The van der Waals surface area contributed by atoms with E-state index in [0.717, 1.165) is 22.3 Å². The van der Waals surface area contributed by atoms with Crippen LogP contribution in [0.15, 0.2) is 76.2 Å². The molecule has 0 amide bonds. The number of hydrogen-bond donors (Lipinski definition) is 0. The number of aryl methyl sites for hydroxylation is 1. The van der Waals surface area contributed by atoms with E-state index >= 15 is 0 Å². The highest BCUT2D eigenvalue weighted by Gasteiger charge is 2.32. The first-order valence-corrected chi connectivity index (χ1v) is 10.3. The molecule has 4 nitrogen and oxygen atoms in total. The largest absolute Gasteiger partial charge is 0.295 e. The van der Waals surface area contributed by atoms with Crippen molar-refractivity contribution in [2.24, 2.45) is 0 Å². The lowest BCUT2D eigenvalue weighted by atomic mass is 9.94. The topological polar surface area (TPSA) is 54.5 Å². The van der Waals surface area contributed by atoms with Crippen LogP contribution in [-0.2, 0) is 14.8 Å². The summed E-state index contributed by atoms with van der Waals surface area (Å²) in [5.74, 6) is -0.102. The molecule has 0 spiro atoms. The van der Waals surface area contributed by atoms with Gasteiger partial charge in [-0.3, -0.25) is 4.79 Å². The normalized spacial score (nSPS) is 17.4. The Bertz CT molecular complexity index is 1020. The summed E-state index contributed by atoms with van der Waals surface area (Å²) >= 11 is 0. The summed E-state index contributed by atoms with van der Waals surface area (Å²) in [7, 11) is -3.69. The van der Waals surface area contributed by atoms with Gasteiger partial charge in [-0.2, -0.15) is 4.31 Å². The number of carbonyl (C=O) groups excluding carboxylic acids is 1. The van der Waals surface area contributed by atoms with Crippen LogP contribution < -0.4 is 0 Å². The molecule has 1 aliphatic heterocycles. The van der Waals surface area contributed by atoms with Crippen LogP contribution in [0.4, 0.5) is 0 Å². The highest BCUT2D eigenvalue weighted by molar-refractivity contribution is 7.89. The molecular formula is C22H23NO3S. The number of hydrogen-bond acceptors (Lipinski definition) is 3. The van der Waals surface area contributed by atoms with Crippen molar-refractivity contribution in [1.29, 1.82) is 0 Å². The molecule has 0 fully saturated rings. The molecule has 3 rings (SSSR count). The van der Waals surface area contributed by atoms with Gasteiger partial charge in [0.05, 0.1) is 4.90 Å². The van der Waals surface area contributed by atoms with Gasteiger partial charge in [-0.1, -0.05) is 54.1 Å². The number of rotatable bonds is 4. The quantitative estimate of drug-likeness (QED) is 0.805. The molecule has 2 aromatic rings. The fourth-order valence-corrected chi connectivity index (χ4v) is 4.55. The lowest BCUT2D eigenvalue weighted by molar-refractivity contribution is -0.113. The molecule has 0 aromatic heterocycles. The summed E-state index contributed by atoms with van der Waals surface area (Å²) in [5, 5.41) is 0. The molecule has 0 unspecified atom stereocenters. The van der Waals surface area contributed by atoms with E-state index in [1.807, 2.05) is 50.3 Å². The van der Waals surface area contributed by atoms with Crippen molar-refractivity contribution < 1.29 is 13.2 Å². The Morgan fingerprint density at radius 2 is 1.59 bits per heavy atom. The van der Waals surface area contributed by atoms with Gasteiger partial charge in [0.2, 0.25) is 10.0 Å². The molecule has 0 N–H and O–H groups in total. The van der Waals surface area contributed by atoms with Gasteiger partial charge in [0, 0.05) is 18.7 Å². The van der Waals surface area contributed by atoms with E-state index in [1.54, 1.807) is 24.3 Å². The Morgan fingerprint density at radius 1 is 0.963 bits per heavy atom. The van der Waals surface area contributed by atoms with Crippen LogP contribution in [0, 0.1) is 6.92 Å². The van der Waals surface area contributed by atoms with Crippen LogP contribution in [0.1, 0.15) is 25.0 Å². The molecule has 0 saturated heterocycles. The fourth-order valence-electron chi connectivity index (χ4n) is 3.16. The average molecular weight is 381 g/mol. The predicted molar refractivity (Wildman–Crippen MR) is 108 cm³/mol. The average Bonchev–Trinajstić information content (AvgIpc) is 2.64. The van der Waals surface area contributed by atoms with Crippen LogP contribution >= 0.6 is 0 Å². The molecule has 2 aromatic carbocycles. The predicted octanol–water partition coefficient (Wildman–Crippen LogP) is 3.99. The Kier molecular flexibility index (Phi) is 5.44. The third-order valence-electron chi connectivity index (χ3n) is 4.84. The Morgan fingerprint density at radius 3 is 2.19 bits per heavy atom. The number of carbonyl (C=O) groups is 1. The van der Waals surface area contributed by atoms with E-state index in [1.165, 1.54) is 11.2 Å². The minimum absolute atomic E-state index is 0.101. The third kappa shape index (κ3) is 4.10. The zero-order valence-electron chi connectivity index (χ0n) is 15.8. The van der Waals surface area contributed by atoms with Gasteiger partial charge in [-0.15, -0.1) is 0 Å². The van der Waals surface area contributed by atoms with Gasteiger partial charge in [0.15, 0.2) is 5.78 Å². The smallest absolute Gasteiger partial charge is 0.243 e. The van der Waals surface area contributed by atoms with E-state index in [-0.39, 0.29) is 23.8 Å². The monoisotopic (exact) mass is 381 g/mol. The van der Waals surface area contributed by atoms with Crippen molar-refractivity contribution >= 4 is 21.9 Å². The lowest BCUT2D eigenvalue weighted by Crippen LogP contribution is -2.39. The second-order valence-corrected chi connectivity index (χ2v) is 8.76. The van der Waals surface area contributed by atoms with Crippen molar-refractivity contribution in [1.82, 2.24) is 4.31 Å². The zero-order chi connectivity index (χ0) is 19.6. The molecule has 0 atom stereocenters. The zero-order valence-corrected chi connectivity index (χ0v) is 16.6. The van der Waals surface area contributed by atoms with Gasteiger partial charge in [0.1, 0.15) is 0 Å². The molecule has 0 bridgehead atoms. The Balaban J connectivity index is 2.05. The van der Waals surface area contributed by atoms with Crippen LogP contribution in [0.3, 0.4) is 0 Å². The molecule has 1 heterocycles. The molecule has 140 valence electrons. The van der Waals surface area contributed by atoms with Gasteiger partial charge in [-0.25, -0.2) is 8.42 Å². The summed E-state index contributed by atoms with van der Waals surface area (Å²) in [6.45, 7) is 5.64. The Hall–Kier alpha value is -2.50. The highest BCUT2D eigenvalue weighted by atomic mass is 32.2. The fraction of sp³-hybridized carbons (Fsp3) is 0.227. The SMILES string of the molecule is CC(=O)C1=C(C)/C(=C/c2ccccc2)CN(S(=O)(=O)c2ccc(C)cc2)C1. The van der Waals surface area contributed by atoms with Crippen LogP contribution in [0.2, 0.25) is 0 Å². The molecule has 1 aliphatic rings. The minimum atomic E-state index is -3.69. The summed E-state index contributed by atoms with van der Waals surface area (Å²) in [4.78, 5) is 12.4. The van der Waals surface area contributed by atoms with Crippen molar-refractivity contribution in [3.63, 3.8) is 0 Å². The van der Waals surface area contributed by atoms with Crippen molar-refractivity contribution in [2.75, 3.05) is 13.1 Å². The minimum Gasteiger partial charge on any atom is -0.295 e. The first kappa shape index (κ1) is 19.3. The summed E-state index contributed by atoms with van der Waals surface area (Å²) < 4.78 is 27.7. The maximum atomic E-state index is 13.1. The van der Waals surface area contributed by atoms with E-state index in [9.17, 15) is 13.2 Å². The molecule has 0 aliphatic carbocycles. The molecule has 5 heteroatoms. The van der Waals surface area contributed by atoms with Crippen LogP contribution in [0.25, 0.3) is 6.08 Å². The lowest BCUT2D eigenvalue weighted by Gasteiger charge is -2.30. The van der Waals surface area contributed by atoms with Crippen molar-refractivity contribution in [3.05, 3.63) is 82.4 Å². The first-order chi connectivity index (χ1) is 12.8. The summed E-state index contributed by atoms with van der Waals surface area (Å²) in [6, 6.07) is 16.5. The van der Waals surface area contributed by atoms with Gasteiger partial charge < -0.3 is 0 Å². The summed E-state index contributed by atoms with van der Waals surface area (Å²) in [6.07, 6.45) is 1.95. The molecular weight excluding hydrogens is 358 g/mol. The second-order valence-electron chi connectivity index (χ2n) is 6.83. The van der Waals surface area contributed by atoms with E-state index in [2.05, 4.69) is 0 Å². The standard InChI is InChI=1S/C22H23NO3S/c1-16-9-11-21(12-10-16)27(25,26)23-14-20(13-19-7-5-4-6-8-19)17(2)22(15-23)18(3)24/h4-13H,14-15H2,1-3H3/b20-13+. The van der Waals surface area contributed by atoms with Crippen molar-refractivity contribution in [2.45, 2.75) is 25.7 Å². The Labute approximate surface area is 160 Å². The second kappa shape index (κ2) is 7.62.